The molecule has 1 heterocycles. The zero-order valence-electron chi connectivity index (χ0n) is 13.2. The Kier molecular flexibility index (Phi) is 5.87. The van der Waals surface area contributed by atoms with E-state index in [1.807, 2.05) is 42.5 Å². The van der Waals surface area contributed by atoms with Crippen LogP contribution in [0.5, 0.6) is 0 Å². The van der Waals surface area contributed by atoms with E-state index in [9.17, 15) is 4.79 Å². The molecule has 1 aliphatic rings. The number of hydrogen-bond acceptors (Lipinski definition) is 4. The molecule has 0 spiro atoms. The fourth-order valence-electron chi connectivity index (χ4n) is 2.26. The number of nitrogens with zero attached hydrogens (tertiary/aromatic N) is 2. The van der Waals surface area contributed by atoms with Crippen molar-refractivity contribution in [1.82, 2.24) is 0 Å². The van der Waals surface area contributed by atoms with E-state index in [2.05, 4.69) is 11.9 Å². The predicted octanol–water partition coefficient (Wildman–Crippen LogP) is 4.96. The van der Waals surface area contributed by atoms with Crippen LogP contribution in [0.25, 0.3) is 0 Å². The molecule has 0 aliphatic carbocycles. The van der Waals surface area contributed by atoms with Crippen molar-refractivity contribution in [2.75, 3.05) is 16.4 Å². The van der Waals surface area contributed by atoms with E-state index in [4.69, 9.17) is 11.6 Å². The first-order valence-corrected chi connectivity index (χ1v) is 9.95. The number of amidine groups is 1. The lowest BCUT2D eigenvalue weighted by Gasteiger charge is -2.22. The number of thioether (sulfide) groups is 2. The third kappa shape index (κ3) is 4.35. The molecule has 2 aromatic rings. The number of hydrogen-bond donors (Lipinski definition) is 0. The van der Waals surface area contributed by atoms with Crippen molar-refractivity contribution in [1.29, 1.82) is 0 Å². The van der Waals surface area contributed by atoms with Crippen LogP contribution in [0.3, 0.4) is 0 Å². The van der Waals surface area contributed by atoms with Gasteiger partial charge in [0.15, 0.2) is 5.17 Å². The molecule has 0 bridgehead atoms. The lowest BCUT2D eigenvalue weighted by molar-refractivity contribution is -0.115. The van der Waals surface area contributed by atoms with E-state index in [0.29, 0.717) is 10.8 Å². The van der Waals surface area contributed by atoms with E-state index >= 15 is 0 Å². The maximum absolute atomic E-state index is 12.9. The van der Waals surface area contributed by atoms with Crippen LogP contribution >= 0.6 is 35.1 Å². The highest BCUT2D eigenvalue weighted by atomic mass is 35.5. The zero-order valence-corrected chi connectivity index (χ0v) is 15.6. The fraction of sp³-hybridized carbons (Fsp3) is 0.222. The average molecular weight is 377 g/mol. The Bertz CT molecular complexity index is 734. The largest absolute Gasteiger partial charge is 0.273 e. The van der Waals surface area contributed by atoms with Gasteiger partial charge in [0, 0.05) is 15.7 Å². The minimum Gasteiger partial charge on any atom is -0.273 e. The second-order valence-electron chi connectivity index (χ2n) is 5.38. The highest BCUT2D eigenvalue weighted by Crippen LogP contribution is 2.28. The molecule has 0 N–H and O–H groups in total. The molecule has 0 saturated carbocycles. The number of carbonyl (C=O) groups excluding carboxylic acids is 1. The van der Waals surface area contributed by atoms with Crippen LogP contribution in [0.1, 0.15) is 6.92 Å². The number of rotatable bonds is 4. The molecular weight excluding hydrogens is 360 g/mol. The minimum absolute atomic E-state index is 0.0199. The molecule has 0 aromatic heterocycles. The van der Waals surface area contributed by atoms with Gasteiger partial charge in [-0.2, -0.15) is 0 Å². The van der Waals surface area contributed by atoms with Crippen molar-refractivity contribution < 1.29 is 4.79 Å². The van der Waals surface area contributed by atoms with E-state index in [-0.39, 0.29) is 11.9 Å². The van der Waals surface area contributed by atoms with Crippen molar-refractivity contribution in [3.8, 4) is 0 Å². The first-order valence-electron chi connectivity index (χ1n) is 7.60. The monoisotopic (exact) mass is 376 g/mol. The summed E-state index contributed by atoms with van der Waals surface area (Å²) < 4.78 is 0. The standard InChI is InChI=1S/C18H17ClN2OS2/c1-13-11-24-18(20-13)21(15-9-7-14(19)8-10-15)17(22)12-23-16-5-3-2-4-6-16/h2-10,13H,11-12H2,1H3/t13-/m0/s1. The smallest absolute Gasteiger partial charge is 0.243 e. The van der Waals surface area contributed by atoms with E-state index < -0.39 is 0 Å². The third-order valence-corrected chi connectivity index (χ3v) is 5.86. The van der Waals surface area contributed by atoms with Gasteiger partial charge in [-0.05, 0) is 43.3 Å². The van der Waals surface area contributed by atoms with Crippen LogP contribution in [-0.2, 0) is 4.79 Å². The molecule has 1 aliphatic heterocycles. The van der Waals surface area contributed by atoms with Crippen molar-refractivity contribution in [3.05, 3.63) is 59.6 Å². The van der Waals surface area contributed by atoms with Gasteiger partial charge in [0.2, 0.25) is 5.91 Å². The number of carbonyl (C=O) groups is 1. The molecular formula is C18H17ClN2OS2. The number of aliphatic imine (C=N–C) groups is 1. The lowest BCUT2D eigenvalue weighted by Crippen LogP contribution is -2.36. The van der Waals surface area contributed by atoms with Crippen molar-refractivity contribution >= 4 is 51.9 Å². The lowest BCUT2D eigenvalue weighted by atomic mass is 10.3. The molecule has 3 rings (SSSR count). The van der Waals surface area contributed by atoms with E-state index in [1.54, 1.807) is 28.8 Å². The molecule has 24 heavy (non-hydrogen) atoms. The summed E-state index contributed by atoms with van der Waals surface area (Å²) >= 11 is 9.13. The second kappa shape index (κ2) is 8.10. The molecule has 1 atom stereocenters. The molecule has 3 nitrogen and oxygen atoms in total. The van der Waals surface area contributed by atoms with Gasteiger partial charge in [0.1, 0.15) is 0 Å². The molecule has 1 amide bonds. The molecule has 2 aromatic carbocycles. The first kappa shape index (κ1) is 17.4. The molecule has 6 heteroatoms. The Morgan fingerprint density at radius 2 is 1.96 bits per heavy atom. The van der Waals surface area contributed by atoms with Gasteiger partial charge in [-0.15, -0.1) is 11.8 Å². The van der Waals surface area contributed by atoms with Crippen molar-refractivity contribution in [3.63, 3.8) is 0 Å². The summed E-state index contributed by atoms with van der Waals surface area (Å²) in [6.45, 7) is 2.06. The summed E-state index contributed by atoms with van der Waals surface area (Å²) in [6.07, 6.45) is 0. The van der Waals surface area contributed by atoms with Gasteiger partial charge in [0.05, 0.1) is 17.5 Å². The average Bonchev–Trinajstić information content (AvgIpc) is 3.02. The van der Waals surface area contributed by atoms with E-state index in [0.717, 1.165) is 21.5 Å². The van der Waals surface area contributed by atoms with Crippen LogP contribution in [0.15, 0.2) is 64.5 Å². The maximum atomic E-state index is 12.9. The van der Waals surface area contributed by atoms with Gasteiger partial charge in [0.25, 0.3) is 0 Å². The number of benzene rings is 2. The minimum atomic E-state index is 0.0199. The topological polar surface area (TPSA) is 32.7 Å². The van der Waals surface area contributed by atoms with Gasteiger partial charge >= 0.3 is 0 Å². The first-order chi connectivity index (χ1) is 11.6. The quantitative estimate of drug-likeness (QED) is 0.707. The summed E-state index contributed by atoms with van der Waals surface area (Å²) in [5, 5.41) is 1.42. The Balaban J connectivity index is 1.80. The molecule has 124 valence electrons. The molecule has 0 unspecified atom stereocenters. The van der Waals surface area contributed by atoms with Crippen molar-refractivity contribution in [2.45, 2.75) is 17.9 Å². The summed E-state index contributed by atoms with van der Waals surface area (Å²) in [7, 11) is 0. The van der Waals surface area contributed by atoms with Gasteiger partial charge in [-0.25, -0.2) is 0 Å². The second-order valence-corrected chi connectivity index (χ2v) is 7.85. The normalized spacial score (nSPS) is 16.8. The summed E-state index contributed by atoms with van der Waals surface area (Å²) in [6, 6.07) is 17.5. The summed E-state index contributed by atoms with van der Waals surface area (Å²) in [5.41, 5.74) is 0.804. The van der Waals surface area contributed by atoms with Gasteiger partial charge in [-0.3, -0.25) is 14.7 Å². The highest BCUT2D eigenvalue weighted by molar-refractivity contribution is 8.14. The summed E-state index contributed by atoms with van der Waals surface area (Å²) in [5.74, 6) is 1.28. The zero-order chi connectivity index (χ0) is 16.9. The van der Waals surface area contributed by atoms with Crippen LogP contribution in [-0.4, -0.2) is 28.6 Å². The summed E-state index contributed by atoms with van der Waals surface area (Å²) in [4.78, 5) is 20.3. The van der Waals surface area contributed by atoms with Crippen LogP contribution in [0.2, 0.25) is 5.02 Å². The Morgan fingerprint density at radius 1 is 1.25 bits per heavy atom. The molecule has 0 fully saturated rings. The molecule has 0 radical (unpaired) electrons. The number of halogens is 1. The maximum Gasteiger partial charge on any atom is 0.243 e. The van der Waals surface area contributed by atoms with Crippen LogP contribution < -0.4 is 4.90 Å². The molecule has 0 saturated heterocycles. The number of anilines is 1. The Morgan fingerprint density at radius 3 is 2.58 bits per heavy atom. The number of amides is 1. The van der Waals surface area contributed by atoms with Gasteiger partial charge in [-0.1, -0.05) is 41.6 Å². The van der Waals surface area contributed by atoms with Crippen LogP contribution in [0, 0.1) is 0 Å². The SMILES string of the molecule is C[C@H]1CSC(N(C(=O)CSc2ccccc2)c2ccc(Cl)cc2)=N1. The third-order valence-electron chi connectivity index (χ3n) is 3.42. The Hall–Kier alpha value is -1.43. The van der Waals surface area contributed by atoms with Crippen molar-refractivity contribution in [2.24, 2.45) is 4.99 Å². The van der Waals surface area contributed by atoms with Gasteiger partial charge < -0.3 is 0 Å². The fourth-order valence-corrected chi connectivity index (χ4v) is 4.21. The highest BCUT2D eigenvalue weighted by Gasteiger charge is 2.26. The Labute approximate surface area is 155 Å². The predicted molar refractivity (Wildman–Crippen MR) is 105 cm³/mol. The van der Waals surface area contributed by atoms with E-state index in [1.165, 1.54) is 11.8 Å². The van der Waals surface area contributed by atoms with Crippen LogP contribution in [0.4, 0.5) is 5.69 Å².